The lowest BCUT2D eigenvalue weighted by molar-refractivity contribution is -0.143. The number of hydrogen-bond acceptors (Lipinski definition) is 3. The highest BCUT2D eigenvalue weighted by molar-refractivity contribution is 9.42. The average molecular weight is 603 g/mol. The number of halogens is 6. The summed E-state index contributed by atoms with van der Waals surface area (Å²) in [6.07, 6.45) is 0.260. The zero-order valence-electron chi connectivity index (χ0n) is 7.24. The molecule has 0 aromatic heterocycles. The van der Waals surface area contributed by atoms with Crippen molar-refractivity contribution in [3.63, 3.8) is 0 Å². The monoisotopic (exact) mass is 597 g/mol. The van der Waals surface area contributed by atoms with E-state index in [1.54, 1.807) is 6.92 Å². The minimum Gasteiger partial charge on any atom is -0.318 e. The second-order valence-corrected chi connectivity index (χ2v) is 15.8. The van der Waals surface area contributed by atoms with Gasteiger partial charge in [0.25, 0.3) is 0 Å². The molecule has 0 aromatic rings. The summed E-state index contributed by atoms with van der Waals surface area (Å²) < 4.78 is -1.59. The fraction of sp³-hybridized carbons (Fsp3) is 0.667. The van der Waals surface area contributed by atoms with Gasteiger partial charge in [0.1, 0.15) is 5.71 Å². The summed E-state index contributed by atoms with van der Waals surface area (Å²) in [5, 5.41) is 3.72. The van der Waals surface area contributed by atoms with Gasteiger partial charge in [-0.05, 0) is 0 Å². The van der Waals surface area contributed by atoms with Crippen molar-refractivity contribution in [2.45, 2.75) is 17.6 Å². The predicted octanol–water partition coefficient (Wildman–Crippen LogP) is 4.97. The minimum atomic E-state index is -0.794. The highest BCUT2D eigenvalue weighted by atomic mass is 80.0. The molecule has 0 bridgehead atoms. The van der Waals surface area contributed by atoms with Crippen LogP contribution in [0.4, 0.5) is 0 Å². The van der Waals surface area contributed by atoms with Gasteiger partial charge in [0.05, 0.1) is 0 Å². The van der Waals surface area contributed by atoms with E-state index in [1.165, 1.54) is 0 Å². The largest absolute Gasteiger partial charge is 0.334 e. The zero-order valence-corrected chi connectivity index (χ0v) is 16.8. The van der Waals surface area contributed by atoms with Crippen LogP contribution in [-0.4, -0.2) is 16.0 Å². The molecule has 0 saturated heterocycles. The number of carbonyl (C=O) groups excluding carboxylic acids is 1. The maximum Gasteiger partial charge on any atom is 0.334 e. The topological polar surface area (TPSA) is 38.7 Å². The Morgan fingerprint density at radius 1 is 1.13 bits per heavy atom. The number of carbonyl (C=O) groups is 1. The Bertz CT molecular complexity index is 250. The fourth-order valence-electron chi connectivity index (χ4n) is 0.425. The van der Waals surface area contributed by atoms with Gasteiger partial charge in [-0.1, -0.05) is 108 Å². The smallest absolute Gasteiger partial charge is 0.318 e. The van der Waals surface area contributed by atoms with Gasteiger partial charge >= 0.3 is 5.97 Å². The van der Waals surface area contributed by atoms with Gasteiger partial charge in [-0.25, -0.2) is 4.79 Å². The summed E-state index contributed by atoms with van der Waals surface area (Å²) in [6.45, 7) is 1.69. The van der Waals surface area contributed by atoms with Crippen LogP contribution in [0.15, 0.2) is 5.16 Å². The Labute approximate surface area is 138 Å². The van der Waals surface area contributed by atoms with Gasteiger partial charge in [0.15, 0.2) is 4.29 Å². The molecule has 0 aliphatic heterocycles. The first-order valence-electron chi connectivity index (χ1n) is 3.51. The van der Waals surface area contributed by atoms with Gasteiger partial charge in [-0.15, -0.1) is 0 Å². The molecular weight excluding hydrogens is 597 g/mol. The molecule has 0 spiro atoms. The van der Waals surface area contributed by atoms with Crippen LogP contribution in [0.3, 0.4) is 0 Å². The fourth-order valence-corrected chi connectivity index (χ4v) is 5.04. The third-order valence-corrected chi connectivity index (χ3v) is 3.32. The highest BCUT2D eigenvalue weighted by Gasteiger charge is 2.40. The molecule has 0 amide bonds. The molecule has 9 heteroatoms. The van der Waals surface area contributed by atoms with E-state index < -0.39 is 10.3 Å². The molecule has 0 aromatic carbocycles. The minimum absolute atomic E-state index is 0.260. The first-order chi connectivity index (χ1) is 6.59. The molecule has 0 rings (SSSR count). The molecule has 3 nitrogen and oxygen atoms in total. The Hall–Kier alpha value is 2.02. The molecule has 0 radical (unpaired) electrons. The number of nitrogens with zero attached hydrogens (tertiary/aromatic N) is 1. The van der Waals surface area contributed by atoms with Crippen LogP contribution in [0, 0.1) is 0 Å². The van der Waals surface area contributed by atoms with Crippen LogP contribution in [0.25, 0.3) is 0 Å². The molecule has 0 fully saturated rings. The van der Waals surface area contributed by atoms with Crippen LogP contribution >= 0.6 is 95.6 Å². The maximum atomic E-state index is 10.9. The summed E-state index contributed by atoms with van der Waals surface area (Å²) in [6, 6.07) is 0. The Balaban J connectivity index is 4.89. The van der Waals surface area contributed by atoms with Crippen LogP contribution in [0.1, 0.15) is 13.3 Å². The van der Waals surface area contributed by atoms with E-state index in [-0.39, 0.29) is 6.42 Å². The lowest BCUT2D eigenvalue weighted by Crippen LogP contribution is -2.30. The SMILES string of the molecule is CCC(=O)ON=C(C(Br)(Br)Br)C(Br)(Br)Br. The average Bonchev–Trinajstić information content (AvgIpc) is 1.99. The van der Waals surface area contributed by atoms with E-state index in [0.29, 0.717) is 5.71 Å². The van der Waals surface area contributed by atoms with E-state index >= 15 is 0 Å². The third kappa shape index (κ3) is 7.13. The van der Waals surface area contributed by atoms with Crippen molar-refractivity contribution in [1.82, 2.24) is 0 Å². The molecular formula is C6H5Br6NO2. The second kappa shape index (κ2) is 6.82. The second-order valence-electron chi connectivity index (χ2n) is 2.25. The van der Waals surface area contributed by atoms with Gasteiger partial charge < -0.3 is 4.84 Å². The van der Waals surface area contributed by atoms with Crippen molar-refractivity contribution in [2.75, 3.05) is 0 Å². The summed E-state index contributed by atoms with van der Waals surface area (Å²) >= 11 is 19.6. The first kappa shape index (κ1) is 17.0. The Morgan fingerprint density at radius 2 is 1.53 bits per heavy atom. The van der Waals surface area contributed by atoms with E-state index in [0.717, 1.165) is 0 Å². The van der Waals surface area contributed by atoms with E-state index in [4.69, 9.17) is 0 Å². The molecule has 0 atom stereocenters. The number of alkyl halides is 6. The lowest BCUT2D eigenvalue weighted by Gasteiger charge is -2.21. The lowest BCUT2D eigenvalue weighted by atomic mass is 10.5. The van der Waals surface area contributed by atoms with Crippen molar-refractivity contribution in [1.29, 1.82) is 0 Å². The van der Waals surface area contributed by atoms with Crippen molar-refractivity contribution in [3.8, 4) is 0 Å². The standard InChI is InChI=1S/C6H5Br6NO2/c1-2-3(14)15-13-4(5(7,8)9)6(10,11)12/h2H2,1H3. The van der Waals surface area contributed by atoms with Gasteiger partial charge in [-0.3, -0.25) is 0 Å². The molecule has 15 heavy (non-hydrogen) atoms. The van der Waals surface area contributed by atoms with Crippen molar-refractivity contribution in [3.05, 3.63) is 0 Å². The van der Waals surface area contributed by atoms with Crippen LogP contribution in [-0.2, 0) is 9.63 Å². The van der Waals surface area contributed by atoms with Crippen molar-refractivity contribution < 1.29 is 9.63 Å². The summed E-state index contributed by atoms with van der Waals surface area (Å²) in [4.78, 5) is 15.6. The van der Waals surface area contributed by atoms with Gasteiger partial charge in [0, 0.05) is 6.42 Å². The van der Waals surface area contributed by atoms with Crippen LogP contribution in [0.5, 0.6) is 0 Å². The molecule has 0 saturated carbocycles. The zero-order chi connectivity index (χ0) is 12.3. The predicted molar refractivity (Wildman–Crippen MR) is 82.8 cm³/mol. The van der Waals surface area contributed by atoms with E-state index in [1.807, 2.05) is 0 Å². The summed E-state index contributed by atoms with van der Waals surface area (Å²) in [5.41, 5.74) is 0.400. The molecule has 0 N–H and O–H groups in total. The Kier molecular flexibility index (Phi) is 7.74. The maximum absolute atomic E-state index is 10.9. The summed E-state index contributed by atoms with van der Waals surface area (Å²) in [5.74, 6) is -0.416. The normalized spacial score (nSPS) is 12.2. The highest BCUT2D eigenvalue weighted by Crippen LogP contribution is 2.47. The molecule has 88 valence electrons. The van der Waals surface area contributed by atoms with Crippen molar-refractivity contribution >= 4 is 107 Å². The number of rotatable bonds is 2. The van der Waals surface area contributed by atoms with Crippen LogP contribution in [0.2, 0.25) is 0 Å². The third-order valence-electron chi connectivity index (χ3n) is 1.06. The molecule has 0 aliphatic rings. The molecule has 0 unspecified atom stereocenters. The van der Waals surface area contributed by atoms with E-state index in [2.05, 4.69) is 106 Å². The summed E-state index contributed by atoms with van der Waals surface area (Å²) in [7, 11) is 0. The Morgan fingerprint density at radius 3 is 1.80 bits per heavy atom. The van der Waals surface area contributed by atoms with Crippen molar-refractivity contribution in [2.24, 2.45) is 5.16 Å². The first-order valence-corrected chi connectivity index (χ1v) is 8.27. The number of hydrogen-bond donors (Lipinski definition) is 0. The van der Waals surface area contributed by atoms with E-state index in [9.17, 15) is 4.79 Å². The molecule has 0 heterocycles. The van der Waals surface area contributed by atoms with Crippen LogP contribution < -0.4 is 0 Å². The quantitative estimate of drug-likeness (QED) is 0.194. The molecule has 0 aliphatic carbocycles. The van der Waals surface area contributed by atoms with Gasteiger partial charge in [-0.2, -0.15) is 0 Å². The number of oxime groups is 1. The van der Waals surface area contributed by atoms with Gasteiger partial charge in [0.2, 0.25) is 0 Å².